The predicted molar refractivity (Wildman–Crippen MR) is 80.3 cm³/mol. The van der Waals surface area contributed by atoms with E-state index in [0.717, 1.165) is 12.8 Å². The average molecular weight is 347 g/mol. The maximum absolute atomic E-state index is 12.6. The van der Waals surface area contributed by atoms with E-state index in [4.69, 9.17) is 5.73 Å². The Morgan fingerprint density at radius 3 is 2.58 bits per heavy atom. The van der Waals surface area contributed by atoms with Crippen LogP contribution < -0.4 is 5.73 Å². The normalized spacial score (nSPS) is 16.6. The molecule has 0 atom stereocenters. The molecule has 0 saturated heterocycles. The third-order valence-electron chi connectivity index (χ3n) is 3.65. The molecule has 0 radical (unpaired) electrons. The van der Waals surface area contributed by atoms with E-state index in [1.165, 1.54) is 6.42 Å². The fraction of sp³-hybridized carbons (Fsp3) is 0.538. The van der Waals surface area contributed by atoms with Crippen LogP contribution in [0.3, 0.4) is 0 Å². The van der Waals surface area contributed by atoms with E-state index in [-0.39, 0.29) is 0 Å². The molecule has 0 bridgehead atoms. The van der Waals surface area contributed by atoms with E-state index in [1.807, 2.05) is 6.92 Å². The molecule has 1 aromatic carbocycles. The molecule has 0 spiro atoms. The van der Waals surface area contributed by atoms with Gasteiger partial charge in [-0.05, 0) is 52.9 Å². The Hall–Kier alpha value is -0.590. The van der Waals surface area contributed by atoms with Crippen LogP contribution in [0.1, 0.15) is 26.2 Å². The maximum atomic E-state index is 12.6. The van der Waals surface area contributed by atoms with Gasteiger partial charge in [-0.15, -0.1) is 0 Å². The molecule has 106 valence electrons. The number of anilines is 1. The molecule has 1 aliphatic rings. The zero-order chi connectivity index (χ0) is 14.0. The summed E-state index contributed by atoms with van der Waals surface area (Å²) in [6.45, 7) is 3.00. The quantitative estimate of drug-likeness (QED) is 0.833. The van der Waals surface area contributed by atoms with Gasteiger partial charge in [0.2, 0.25) is 10.0 Å². The van der Waals surface area contributed by atoms with E-state index in [1.54, 1.807) is 22.5 Å². The van der Waals surface area contributed by atoms with Gasteiger partial charge in [0, 0.05) is 23.2 Å². The number of sulfonamides is 1. The molecule has 1 fully saturated rings. The van der Waals surface area contributed by atoms with Gasteiger partial charge >= 0.3 is 0 Å². The summed E-state index contributed by atoms with van der Waals surface area (Å²) in [5, 5.41) is 0. The van der Waals surface area contributed by atoms with Gasteiger partial charge in [-0.3, -0.25) is 0 Å². The van der Waals surface area contributed by atoms with Crippen molar-refractivity contribution in [3.8, 4) is 0 Å². The highest BCUT2D eigenvalue weighted by Crippen LogP contribution is 2.30. The van der Waals surface area contributed by atoms with Crippen molar-refractivity contribution in [2.45, 2.75) is 31.1 Å². The Morgan fingerprint density at radius 2 is 2.11 bits per heavy atom. The molecule has 1 aliphatic carbocycles. The summed E-state index contributed by atoms with van der Waals surface area (Å²) in [5.74, 6) is 0.520. The van der Waals surface area contributed by atoms with E-state index >= 15 is 0 Å². The first-order chi connectivity index (χ1) is 8.95. The minimum atomic E-state index is -3.41. The van der Waals surface area contributed by atoms with Crippen LogP contribution in [-0.4, -0.2) is 25.8 Å². The fourth-order valence-corrected chi connectivity index (χ4v) is 4.26. The van der Waals surface area contributed by atoms with Crippen LogP contribution in [0.2, 0.25) is 0 Å². The maximum Gasteiger partial charge on any atom is 0.243 e. The van der Waals surface area contributed by atoms with Gasteiger partial charge in [-0.25, -0.2) is 8.42 Å². The van der Waals surface area contributed by atoms with Gasteiger partial charge in [-0.1, -0.05) is 13.3 Å². The van der Waals surface area contributed by atoms with Crippen molar-refractivity contribution in [2.24, 2.45) is 5.92 Å². The molecule has 19 heavy (non-hydrogen) atoms. The van der Waals surface area contributed by atoms with Crippen LogP contribution in [0, 0.1) is 5.92 Å². The van der Waals surface area contributed by atoms with Gasteiger partial charge in [0.25, 0.3) is 0 Å². The molecular weight excluding hydrogens is 328 g/mol. The number of hydrogen-bond donors (Lipinski definition) is 1. The van der Waals surface area contributed by atoms with Gasteiger partial charge < -0.3 is 5.73 Å². The molecular formula is C13H19BrN2O2S. The smallest absolute Gasteiger partial charge is 0.243 e. The first-order valence-corrected chi connectivity index (χ1v) is 8.73. The summed E-state index contributed by atoms with van der Waals surface area (Å²) in [7, 11) is -3.41. The summed E-state index contributed by atoms with van der Waals surface area (Å²) in [6.07, 6.45) is 3.49. The molecule has 0 amide bonds. The minimum absolute atomic E-state index is 0.301. The lowest BCUT2D eigenvalue weighted by molar-refractivity contribution is 0.250. The Kier molecular flexibility index (Phi) is 4.53. The third-order valence-corrected chi connectivity index (χ3v) is 6.27. The molecule has 2 rings (SSSR count). The van der Waals surface area contributed by atoms with Crippen LogP contribution >= 0.6 is 15.9 Å². The molecule has 0 aromatic heterocycles. The van der Waals surface area contributed by atoms with E-state index < -0.39 is 10.0 Å². The Bertz CT molecular complexity index is 556. The lowest BCUT2D eigenvalue weighted by atomic mass is 9.85. The lowest BCUT2D eigenvalue weighted by Gasteiger charge is -2.31. The second-order valence-corrected chi connectivity index (χ2v) is 7.73. The topological polar surface area (TPSA) is 63.4 Å². The Morgan fingerprint density at radius 1 is 1.42 bits per heavy atom. The molecule has 2 N–H and O–H groups in total. The Labute approximate surface area is 123 Å². The molecule has 0 unspecified atom stereocenters. The number of nitrogens with two attached hydrogens (primary N) is 1. The van der Waals surface area contributed by atoms with Crippen molar-refractivity contribution < 1.29 is 8.42 Å². The monoisotopic (exact) mass is 346 g/mol. The van der Waals surface area contributed by atoms with Gasteiger partial charge in [0.05, 0.1) is 4.90 Å². The van der Waals surface area contributed by atoms with E-state index in [2.05, 4.69) is 15.9 Å². The molecule has 6 heteroatoms. The molecule has 0 aliphatic heterocycles. The summed E-state index contributed by atoms with van der Waals surface area (Å²) in [5.41, 5.74) is 6.24. The van der Waals surface area contributed by atoms with Crippen molar-refractivity contribution in [1.29, 1.82) is 0 Å². The molecule has 1 aromatic rings. The number of rotatable bonds is 5. The van der Waals surface area contributed by atoms with Crippen LogP contribution in [-0.2, 0) is 10.0 Å². The Balaban J connectivity index is 2.25. The van der Waals surface area contributed by atoms with Crippen molar-refractivity contribution in [2.75, 3.05) is 18.8 Å². The first kappa shape index (κ1) is 14.8. The number of nitrogens with zero attached hydrogens (tertiary/aromatic N) is 1. The van der Waals surface area contributed by atoms with Crippen molar-refractivity contribution in [3.63, 3.8) is 0 Å². The van der Waals surface area contributed by atoms with Crippen LogP contribution in [0.4, 0.5) is 5.69 Å². The first-order valence-electron chi connectivity index (χ1n) is 6.50. The number of halogens is 1. The van der Waals surface area contributed by atoms with Crippen molar-refractivity contribution in [1.82, 2.24) is 4.31 Å². The average Bonchev–Trinajstić information content (AvgIpc) is 2.31. The largest absolute Gasteiger partial charge is 0.398 e. The van der Waals surface area contributed by atoms with Crippen LogP contribution in [0.5, 0.6) is 0 Å². The standard InChI is InChI=1S/C13H19BrN2O2S/c1-2-16(9-10-4-3-5-10)19(17,18)11-6-7-13(15)12(14)8-11/h6-8,10H,2-5,9,15H2,1H3. The summed E-state index contributed by atoms with van der Waals surface area (Å²) >= 11 is 3.28. The highest BCUT2D eigenvalue weighted by molar-refractivity contribution is 9.10. The van der Waals surface area contributed by atoms with Crippen LogP contribution in [0.25, 0.3) is 0 Å². The van der Waals surface area contributed by atoms with Crippen LogP contribution in [0.15, 0.2) is 27.6 Å². The molecule has 0 heterocycles. The molecule has 4 nitrogen and oxygen atoms in total. The highest BCUT2D eigenvalue weighted by Gasteiger charge is 2.28. The zero-order valence-electron chi connectivity index (χ0n) is 11.0. The minimum Gasteiger partial charge on any atom is -0.398 e. The predicted octanol–water partition coefficient (Wildman–Crippen LogP) is 2.84. The molecule has 1 saturated carbocycles. The summed E-state index contributed by atoms with van der Waals surface area (Å²) in [4.78, 5) is 0.301. The van der Waals surface area contributed by atoms with Crippen molar-refractivity contribution in [3.05, 3.63) is 22.7 Å². The third kappa shape index (κ3) is 3.12. The van der Waals surface area contributed by atoms with Gasteiger partial charge in [0.1, 0.15) is 0 Å². The number of nitrogen functional groups attached to an aromatic ring is 1. The second kappa shape index (κ2) is 5.81. The highest BCUT2D eigenvalue weighted by atomic mass is 79.9. The zero-order valence-corrected chi connectivity index (χ0v) is 13.4. The van der Waals surface area contributed by atoms with Crippen molar-refractivity contribution >= 4 is 31.6 Å². The second-order valence-electron chi connectivity index (χ2n) is 4.94. The van der Waals surface area contributed by atoms with E-state index in [0.29, 0.717) is 34.1 Å². The summed E-state index contributed by atoms with van der Waals surface area (Å²) < 4.78 is 27.3. The van der Waals surface area contributed by atoms with Gasteiger partial charge in [0.15, 0.2) is 0 Å². The number of benzene rings is 1. The SMILES string of the molecule is CCN(CC1CCC1)S(=O)(=O)c1ccc(N)c(Br)c1. The number of hydrogen-bond acceptors (Lipinski definition) is 3. The van der Waals surface area contributed by atoms with Gasteiger partial charge in [-0.2, -0.15) is 4.31 Å². The lowest BCUT2D eigenvalue weighted by Crippen LogP contribution is -2.37. The fourth-order valence-electron chi connectivity index (χ4n) is 2.18. The van der Waals surface area contributed by atoms with E-state index in [9.17, 15) is 8.42 Å². The summed E-state index contributed by atoms with van der Waals surface area (Å²) in [6, 6.07) is 4.76.